The molecule has 0 unspecified atom stereocenters. The van der Waals surface area contributed by atoms with Crippen LogP contribution in [0.4, 0.5) is 4.39 Å². The summed E-state index contributed by atoms with van der Waals surface area (Å²) < 4.78 is 20.3. The van der Waals surface area contributed by atoms with Gasteiger partial charge in [0.05, 0.1) is 6.61 Å². The first-order valence-electron chi connectivity index (χ1n) is 7.51. The number of hydrogen-bond acceptors (Lipinski definition) is 1. The van der Waals surface area contributed by atoms with Crippen molar-refractivity contribution in [2.45, 2.75) is 41.0 Å². The molecule has 0 radical (unpaired) electrons. The van der Waals surface area contributed by atoms with Crippen LogP contribution in [0.25, 0.3) is 11.3 Å². The van der Waals surface area contributed by atoms with Crippen LogP contribution < -0.4 is 0 Å². The van der Waals surface area contributed by atoms with Gasteiger partial charge in [0.15, 0.2) is 0 Å². The fourth-order valence-corrected chi connectivity index (χ4v) is 2.32. The summed E-state index contributed by atoms with van der Waals surface area (Å²) in [6, 6.07) is 3.56. The van der Waals surface area contributed by atoms with Crippen molar-refractivity contribution >= 4 is 11.3 Å². The van der Waals surface area contributed by atoms with E-state index in [2.05, 4.69) is 0 Å². The first-order chi connectivity index (χ1) is 10.1. The lowest BCUT2D eigenvalue weighted by molar-refractivity contribution is 0.297. The largest absolute Gasteiger partial charge is 0.494 e. The summed E-state index contributed by atoms with van der Waals surface area (Å²) >= 11 is 0. The molecule has 0 saturated carbocycles. The molecule has 0 fully saturated rings. The minimum absolute atomic E-state index is 0.210. The molecule has 0 aliphatic heterocycles. The molecule has 0 N–H and O–H groups in total. The third kappa shape index (κ3) is 4.32. The van der Waals surface area contributed by atoms with E-state index >= 15 is 0 Å². The summed E-state index contributed by atoms with van der Waals surface area (Å²) in [6.07, 6.45) is 8.62. The number of hydrogen-bond donors (Lipinski definition) is 0. The average molecular weight is 288 g/mol. The summed E-state index contributed by atoms with van der Waals surface area (Å²) in [4.78, 5) is 0. The SMILES string of the molecule is C/C=C\C(=C/C)c1c(F)cc(C)cc1/C(=C\CC)OCC. The second-order valence-electron chi connectivity index (χ2n) is 4.82. The lowest BCUT2D eigenvalue weighted by Crippen LogP contribution is -2.01. The zero-order chi connectivity index (χ0) is 15.8. The number of ether oxygens (including phenoxy) is 1. The van der Waals surface area contributed by atoms with Crippen LogP contribution in [-0.4, -0.2) is 6.61 Å². The summed E-state index contributed by atoms with van der Waals surface area (Å²) in [5, 5.41) is 0. The summed E-state index contributed by atoms with van der Waals surface area (Å²) in [5.74, 6) is 0.541. The van der Waals surface area contributed by atoms with Crippen molar-refractivity contribution in [3.8, 4) is 0 Å². The monoisotopic (exact) mass is 288 g/mol. The van der Waals surface area contributed by atoms with Gasteiger partial charge in [0.2, 0.25) is 0 Å². The maximum absolute atomic E-state index is 14.6. The molecular weight excluding hydrogens is 263 g/mol. The zero-order valence-corrected chi connectivity index (χ0v) is 13.7. The number of aryl methyl sites for hydroxylation is 1. The highest BCUT2D eigenvalue weighted by atomic mass is 19.1. The number of rotatable bonds is 6. The van der Waals surface area contributed by atoms with Gasteiger partial charge >= 0.3 is 0 Å². The van der Waals surface area contributed by atoms with E-state index in [9.17, 15) is 4.39 Å². The predicted octanol–water partition coefficient (Wildman–Crippen LogP) is 5.90. The molecule has 0 aliphatic carbocycles. The van der Waals surface area contributed by atoms with Crippen molar-refractivity contribution in [2.75, 3.05) is 6.61 Å². The maximum atomic E-state index is 14.6. The normalized spacial score (nSPS) is 13.0. The zero-order valence-electron chi connectivity index (χ0n) is 13.7. The Kier molecular flexibility index (Phi) is 6.93. The molecule has 0 saturated heterocycles. The van der Waals surface area contributed by atoms with Gasteiger partial charge in [0.1, 0.15) is 11.6 Å². The van der Waals surface area contributed by atoms with Gasteiger partial charge in [-0.3, -0.25) is 0 Å². The van der Waals surface area contributed by atoms with Gasteiger partial charge in [-0.2, -0.15) is 0 Å². The third-order valence-electron chi connectivity index (χ3n) is 3.14. The second-order valence-corrected chi connectivity index (χ2v) is 4.82. The molecular formula is C19H25FO. The Balaban J connectivity index is 3.59. The molecule has 1 nitrogen and oxygen atoms in total. The molecule has 0 aliphatic rings. The highest BCUT2D eigenvalue weighted by molar-refractivity contribution is 5.82. The van der Waals surface area contributed by atoms with Crippen molar-refractivity contribution < 1.29 is 9.13 Å². The fourth-order valence-electron chi connectivity index (χ4n) is 2.32. The van der Waals surface area contributed by atoms with E-state index in [0.29, 0.717) is 12.2 Å². The van der Waals surface area contributed by atoms with Crippen LogP contribution in [0, 0.1) is 12.7 Å². The van der Waals surface area contributed by atoms with Crippen molar-refractivity contribution in [1.82, 2.24) is 0 Å². The van der Waals surface area contributed by atoms with E-state index in [1.54, 1.807) is 6.07 Å². The van der Waals surface area contributed by atoms with Crippen LogP contribution in [-0.2, 0) is 4.74 Å². The van der Waals surface area contributed by atoms with Gasteiger partial charge in [-0.15, -0.1) is 0 Å². The first-order valence-corrected chi connectivity index (χ1v) is 7.51. The quantitative estimate of drug-likeness (QED) is 0.467. The number of benzene rings is 1. The van der Waals surface area contributed by atoms with Crippen molar-refractivity contribution in [1.29, 1.82) is 0 Å². The van der Waals surface area contributed by atoms with E-state index in [1.807, 2.05) is 65.0 Å². The van der Waals surface area contributed by atoms with Crippen LogP contribution in [0.1, 0.15) is 50.8 Å². The van der Waals surface area contributed by atoms with Gasteiger partial charge in [0.25, 0.3) is 0 Å². The average Bonchev–Trinajstić information content (AvgIpc) is 2.44. The van der Waals surface area contributed by atoms with Gasteiger partial charge in [-0.25, -0.2) is 4.39 Å². The molecule has 0 spiro atoms. The molecule has 0 atom stereocenters. The molecule has 0 bridgehead atoms. The van der Waals surface area contributed by atoms with Crippen molar-refractivity contribution in [3.05, 3.63) is 58.9 Å². The van der Waals surface area contributed by atoms with Crippen LogP contribution in [0.15, 0.2) is 36.4 Å². The number of allylic oxidation sites excluding steroid dienone is 5. The minimum atomic E-state index is -0.210. The van der Waals surface area contributed by atoms with Gasteiger partial charge in [-0.1, -0.05) is 25.2 Å². The Labute approximate surface area is 127 Å². The van der Waals surface area contributed by atoms with Gasteiger partial charge in [-0.05, 0) is 63.5 Å². The van der Waals surface area contributed by atoms with Crippen molar-refractivity contribution in [3.63, 3.8) is 0 Å². The van der Waals surface area contributed by atoms with E-state index in [1.165, 1.54) is 0 Å². The standard InChI is InChI=1S/C19H25FO/c1-6-10-15(8-3)19-16(12-14(5)13-17(19)20)18(11-7-2)21-9-4/h6,8,10-13H,7,9H2,1-5H3/b10-6-,15-8+,18-11+. The highest BCUT2D eigenvalue weighted by Gasteiger charge is 2.16. The van der Waals surface area contributed by atoms with E-state index in [0.717, 1.165) is 28.9 Å². The Bertz CT molecular complexity index is 565. The minimum Gasteiger partial charge on any atom is -0.494 e. The lowest BCUT2D eigenvalue weighted by atomic mass is 9.94. The predicted molar refractivity (Wildman–Crippen MR) is 89.5 cm³/mol. The van der Waals surface area contributed by atoms with Crippen LogP contribution in [0.5, 0.6) is 0 Å². The van der Waals surface area contributed by atoms with E-state index in [4.69, 9.17) is 4.74 Å². The molecule has 0 heterocycles. The fraction of sp³-hybridized carbons (Fsp3) is 0.368. The van der Waals surface area contributed by atoms with E-state index < -0.39 is 0 Å². The van der Waals surface area contributed by atoms with Gasteiger partial charge < -0.3 is 4.74 Å². The lowest BCUT2D eigenvalue weighted by Gasteiger charge is -2.16. The summed E-state index contributed by atoms with van der Waals surface area (Å²) in [5.41, 5.74) is 3.19. The molecule has 1 rings (SSSR count). The topological polar surface area (TPSA) is 9.23 Å². The van der Waals surface area contributed by atoms with Gasteiger partial charge in [0, 0.05) is 11.1 Å². The molecule has 0 aromatic heterocycles. The molecule has 0 amide bonds. The Morgan fingerprint density at radius 2 is 1.95 bits per heavy atom. The van der Waals surface area contributed by atoms with Crippen LogP contribution >= 0.6 is 0 Å². The van der Waals surface area contributed by atoms with Crippen LogP contribution in [0.2, 0.25) is 0 Å². The molecule has 2 heteroatoms. The first kappa shape index (κ1) is 17.2. The smallest absolute Gasteiger partial charge is 0.132 e. The molecule has 1 aromatic carbocycles. The molecule has 21 heavy (non-hydrogen) atoms. The van der Waals surface area contributed by atoms with E-state index in [-0.39, 0.29) is 5.82 Å². The Morgan fingerprint density at radius 3 is 2.48 bits per heavy atom. The number of halogens is 1. The third-order valence-corrected chi connectivity index (χ3v) is 3.14. The Morgan fingerprint density at radius 1 is 1.24 bits per heavy atom. The highest BCUT2D eigenvalue weighted by Crippen LogP contribution is 2.31. The Hall–Kier alpha value is -1.83. The summed E-state index contributed by atoms with van der Waals surface area (Å²) in [6.45, 7) is 10.3. The maximum Gasteiger partial charge on any atom is 0.132 e. The van der Waals surface area contributed by atoms with Crippen LogP contribution in [0.3, 0.4) is 0 Å². The molecule has 1 aromatic rings. The molecule has 114 valence electrons. The van der Waals surface area contributed by atoms with Crippen molar-refractivity contribution in [2.24, 2.45) is 0 Å². The summed E-state index contributed by atoms with van der Waals surface area (Å²) in [7, 11) is 0. The second kappa shape index (κ2) is 8.46.